The lowest BCUT2D eigenvalue weighted by atomic mass is 10.3. The fourth-order valence-electron chi connectivity index (χ4n) is 1.34. The summed E-state index contributed by atoms with van der Waals surface area (Å²) in [5.41, 5.74) is 0. The number of primary sulfonamides is 1. The summed E-state index contributed by atoms with van der Waals surface area (Å²) in [4.78, 5) is -0.0917. The quantitative estimate of drug-likeness (QED) is 0.819. The predicted molar refractivity (Wildman–Crippen MR) is 57.7 cm³/mol. The molecular weight excluding hydrogens is 230 g/mol. The Morgan fingerprint density at radius 1 is 1.44 bits per heavy atom. The van der Waals surface area contributed by atoms with E-state index in [-0.39, 0.29) is 16.4 Å². The first kappa shape index (κ1) is 11.2. The third-order valence-corrected chi connectivity index (χ3v) is 3.36. The van der Waals surface area contributed by atoms with Crippen molar-refractivity contribution in [2.45, 2.75) is 17.7 Å². The highest BCUT2D eigenvalue weighted by Gasteiger charge is 2.23. The Bertz CT molecular complexity index is 494. The molecule has 16 heavy (non-hydrogen) atoms. The van der Waals surface area contributed by atoms with Gasteiger partial charge in [-0.05, 0) is 30.9 Å². The van der Waals surface area contributed by atoms with Crippen LogP contribution in [0.3, 0.4) is 0 Å². The summed E-state index contributed by atoms with van der Waals surface area (Å²) in [5, 5.41) is 14.3. The van der Waals surface area contributed by atoms with E-state index >= 15 is 0 Å². The summed E-state index contributed by atoms with van der Waals surface area (Å²) < 4.78 is 27.8. The Morgan fingerprint density at radius 2 is 2.12 bits per heavy atom. The van der Waals surface area contributed by atoms with E-state index in [9.17, 15) is 13.5 Å². The van der Waals surface area contributed by atoms with Crippen LogP contribution >= 0.6 is 0 Å². The van der Waals surface area contributed by atoms with Crippen LogP contribution in [0.2, 0.25) is 0 Å². The van der Waals surface area contributed by atoms with Crippen LogP contribution in [0.15, 0.2) is 23.1 Å². The molecule has 0 aliphatic heterocycles. The van der Waals surface area contributed by atoms with Gasteiger partial charge in [0.05, 0.1) is 6.61 Å². The first-order valence-corrected chi connectivity index (χ1v) is 6.50. The fourth-order valence-corrected chi connectivity index (χ4v) is 1.99. The fraction of sp³-hybridized carbons (Fsp3) is 0.400. The Labute approximate surface area is 93.9 Å². The maximum Gasteiger partial charge on any atom is 0.241 e. The number of phenols is 1. The minimum Gasteiger partial charge on any atom is -0.508 e. The third-order valence-electron chi connectivity index (χ3n) is 2.41. The van der Waals surface area contributed by atoms with Crippen molar-refractivity contribution >= 4 is 10.0 Å². The van der Waals surface area contributed by atoms with Gasteiger partial charge in [-0.25, -0.2) is 13.6 Å². The van der Waals surface area contributed by atoms with E-state index in [0.29, 0.717) is 12.5 Å². The van der Waals surface area contributed by atoms with Gasteiger partial charge in [0.2, 0.25) is 10.0 Å². The molecule has 0 radical (unpaired) electrons. The normalized spacial score (nSPS) is 16.1. The summed E-state index contributed by atoms with van der Waals surface area (Å²) >= 11 is 0. The number of rotatable bonds is 4. The monoisotopic (exact) mass is 243 g/mol. The molecule has 2 rings (SSSR count). The number of hydrogen-bond donors (Lipinski definition) is 2. The number of ether oxygens (including phenoxy) is 1. The number of benzene rings is 1. The van der Waals surface area contributed by atoms with Gasteiger partial charge in [0.1, 0.15) is 16.4 Å². The molecule has 1 fully saturated rings. The summed E-state index contributed by atoms with van der Waals surface area (Å²) in [6, 6.07) is 3.78. The van der Waals surface area contributed by atoms with Crippen LogP contribution in [0, 0.1) is 5.92 Å². The molecule has 6 heteroatoms. The molecule has 1 saturated carbocycles. The zero-order valence-electron chi connectivity index (χ0n) is 8.59. The molecule has 0 atom stereocenters. The van der Waals surface area contributed by atoms with Gasteiger partial charge in [-0.1, -0.05) is 0 Å². The van der Waals surface area contributed by atoms with Crippen molar-refractivity contribution in [3.63, 3.8) is 0 Å². The molecule has 1 aliphatic rings. The topological polar surface area (TPSA) is 89.6 Å². The highest BCUT2D eigenvalue weighted by molar-refractivity contribution is 7.89. The lowest BCUT2D eigenvalue weighted by Gasteiger charge is -2.09. The number of aromatic hydroxyl groups is 1. The van der Waals surface area contributed by atoms with Gasteiger partial charge in [-0.3, -0.25) is 0 Å². The Morgan fingerprint density at radius 3 is 2.69 bits per heavy atom. The molecule has 3 N–H and O–H groups in total. The smallest absolute Gasteiger partial charge is 0.241 e. The van der Waals surface area contributed by atoms with Crippen molar-refractivity contribution in [1.29, 1.82) is 0 Å². The second-order valence-electron chi connectivity index (χ2n) is 3.93. The summed E-state index contributed by atoms with van der Waals surface area (Å²) in [6.07, 6.45) is 2.20. The molecule has 0 saturated heterocycles. The van der Waals surface area contributed by atoms with Crippen molar-refractivity contribution in [2.24, 2.45) is 11.1 Å². The average Bonchev–Trinajstić information content (AvgIpc) is 2.96. The van der Waals surface area contributed by atoms with Gasteiger partial charge in [-0.15, -0.1) is 0 Å². The Hall–Kier alpha value is -1.27. The maximum absolute atomic E-state index is 11.2. The highest BCUT2D eigenvalue weighted by Crippen LogP contribution is 2.32. The summed E-state index contributed by atoms with van der Waals surface area (Å²) in [6.45, 7) is 0.464. The van der Waals surface area contributed by atoms with Crippen molar-refractivity contribution < 1.29 is 18.3 Å². The predicted octanol–water partition coefficient (Wildman–Crippen LogP) is 0.828. The lowest BCUT2D eigenvalue weighted by molar-refractivity contribution is 0.290. The number of sulfonamides is 1. The molecule has 1 aliphatic carbocycles. The molecule has 1 aromatic carbocycles. The lowest BCUT2D eigenvalue weighted by Crippen LogP contribution is -2.14. The highest BCUT2D eigenvalue weighted by atomic mass is 32.2. The van der Waals surface area contributed by atoms with E-state index in [1.807, 2.05) is 0 Å². The summed E-state index contributed by atoms with van der Waals surface area (Å²) in [7, 11) is -3.81. The zero-order valence-corrected chi connectivity index (χ0v) is 9.40. The number of phenolic OH excluding ortho intramolecular Hbond substituents is 1. The minimum absolute atomic E-state index is 0.0433. The van der Waals surface area contributed by atoms with Crippen molar-refractivity contribution in [1.82, 2.24) is 0 Å². The molecule has 5 nitrogen and oxygen atoms in total. The van der Waals surface area contributed by atoms with Crippen molar-refractivity contribution in [3.05, 3.63) is 18.2 Å². The van der Waals surface area contributed by atoms with Crippen molar-refractivity contribution in [2.75, 3.05) is 6.61 Å². The van der Waals surface area contributed by atoms with Gasteiger partial charge in [0.25, 0.3) is 0 Å². The average molecular weight is 243 g/mol. The molecule has 0 heterocycles. The molecule has 0 aromatic heterocycles. The van der Waals surface area contributed by atoms with Gasteiger partial charge >= 0.3 is 0 Å². The molecule has 0 amide bonds. The van der Waals surface area contributed by atoms with Gasteiger partial charge in [-0.2, -0.15) is 0 Å². The van der Waals surface area contributed by atoms with Crippen LogP contribution < -0.4 is 9.88 Å². The second kappa shape index (κ2) is 3.95. The SMILES string of the molecule is NS(=O)(=O)c1ccc(O)cc1OCC1CC1. The number of nitrogens with two attached hydrogens (primary N) is 1. The first-order chi connectivity index (χ1) is 7.47. The van der Waals surface area contributed by atoms with Crippen molar-refractivity contribution in [3.8, 4) is 11.5 Å². The second-order valence-corrected chi connectivity index (χ2v) is 5.46. The van der Waals surface area contributed by atoms with Crippen LogP contribution in [0.4, 0.5) is 0 Å². The van der Waals surface area contributed by atoms with E-state index in [1.165, 1.54) is 18.2 Å². The Kier molecular flexibility index (Phi) is 2.77. The van der Waals surface area contributed by atoms with E-state index < -0.39 is 10.0 Å². The van der Waals surface area contributed by atoms with Crippen LogP contribution in [0.25, 0.3) is 0 Å². The van der Waals surface area contributed by atoms with Gasteiger partial charge < -0.3 is 9.84 Å². The van der Waals surface area contributed by atoms with Crippen LogP contribution in [0.5, 0.6) is 11.5 Å². The molecule has 88 valence electrons. The first-order valence-electron chi connectivity index (χ1n) is 4.95. The zero-order chi connectivity index (χ0) is 11.8. The van der Waals surface area contributed by atoms with E-state index in [4.69, 9.17) is 9.88 Å². The van der Waals surface area contributed by atoms with Gasteiger partial charge in [0, 0.05) is 6.07 Å². The molecular formula is C10H13NO4S. The maximum atomic E-state index is 11.2. The third kappa shape index (κ3) is 2.65. The van der Waals surface area contributed by atoms with Crippen LogP contribution in [0.1, 0.15) is 12.8 Å². The molecule has 1 aromatic rings. The number of hydrogen-bond acceptors (Lipinski definition) is 4. The minimum atomic E-state index is -3.81. The van der Waals surface area contributed by atoms with E-state index in [0.717, 1.165) is 12.8 Å². The van der Waals surface area contributed by atoms with E-state index in [2.05, 4.69) is 0 Å². The van der Waals surface area contributed by atoms with Crippen LogP contribution in [-0.2, 0) is 10.0 Å². The Balaban J connectivity index is 2.27. The largest absolute Gasteiger partial charge is 0.508 e. The van der Waals surface area contributed by atoms with Crippen LogP contribution in [-0.4, -0.2) is 20.1 Å². The van der Waals surface area contributed by atoms with E-state index in [1.54, 1.807) is 0 Å². The standard InChI is InChI=1S/C10H13NO4S/c11-16(13,14)10-4-3-8(12)5-9(10)15-6-7-1-2-7/h3-5,7,12H,1-2,6H2,(H2,11,13,14). The molecule has 0 unspecified atom stereocenters. The summed E-state index contributed by atoms with van der Waals surface area (Å²) in [5.74, 6) is 0.572. The van der Waals surface area contributed by atoms with Gasteiger partial charge in [0.15, 0.2) is 0 Å². The molecule has 0 spiro atoms. The molecule has 0 bridgehead atoms.